The molecule has 9 heteroatoms. The molecule has 7 nitrogen and oxygen atoms in total. The second-order valence-electron chi connectivity index (χ2n) is 5.44. The van der Waals surface area contributed by atoms with E-state index in [4.69, 9.17) is 0 Å². The fourth-order valence-electron chi connectivity index (χ4n) is 1.79. The summed E-state index contributed by atoms with van der Waals surface area (Å²) in [6.07, 6.45) is 1.62. The van der Waals surface area contributed by atoms with Crippen molar-refractivity contribution in [3.05, 3.63) is 30.1 Å². The summed E-state index contributed by atoms with van der Waals surface area (Å²) in [5.41, 5.74) is 0.493. The molecule has 0 aliphatic carbocycles. The third-order valence-corrected chi connectivity index (χ3v) is 4.05. The number of halogens is 1. The number of rotatable bonds is 7. The summed E-state index contributed by atoms with van der Waals surface area (Å²) in [4.78, 5) is 15.8. The van der Waals surface area contributed by atoms with Crippen LogP contribution in [-0.4, -0.2) is 51.9 Å². The number of guanidine groups is 1. The molecule has 1 aromatic carbocycles. The van der Waals surface area contributed by atoms with E-state index in [9.17, 15) is 17.6 Å². The molecular weight excluding hydrogens is 335 g/mol. The van der Waals surface area contributed by atoms with Gasteiger partial charge < -0.3 is 16.0 Å². The van der Waals surface area contributed by atoms with E-state index < -0.39 is 9.84 Å². The van der Waals surface area contributed by atoms with Crippen molar-refractivity contribution in [2.24, 2.45) is 4.99 Å². The Balaban J connectivity index is 2.40. The average molecular weight is 358 g/mol. The number of carbonyl (C=O) groups excluding carboxylic acids is 1. The highest BCUT2D eigenvalue weighted by Crippen LogP contribution is 2.07. The van der Waals surface area contributed by atoms with Crippen LogP contribution in [-0.2, 0) is 14.6 Å². The van der Waals surface area contributed by atoms with Crippen LogP contribution in [0.15, 0.2) is 29.3 Å². The molecule has 0 aromatic heterocycles. The van der Waals surface area contributed by atoms with Gasteiger partial charge in [-0.15, -0.1) is 0 Å². The van der Waals surface area contributed by atoms with Gasteiger partial charge in [0.15, 0.2) is 5.96 Å². The molecule has 1 amide bonds. The van der Waals surface area contributed by atoms with E-state index in [0.29, 0.717) is 18.1 Å². The Morgan fingerprint density at radius 3 is 2.46 bits per heavy atom. The highest BCUT2D eigenvalue weighted by atomic mass is 32.2. The van der Waals surface area contributed by atoms with Crippen molar-refractivity contribution in [2.75, 3.05) is 30.9 Å². The number of sulfone groups is 1. The number of hydrogen-bond acceptors (Lipinski definition) is 4. The lowest BCUT2D eigenvalue weighted by Crippen LogP contribution is -2.45. The van der Waals surface area contributed by atoms with Gasteiger partial charge in [-0.3, -0.25) is 9.79 Å². The van der Waals surface area contributed by atoms with Crippen LogP contribution in [0.5, 0.6) is 0 Å². The lowest BCUT2D eigenvalue weighted by molar-refractivity contribution is -0.115. The molecule has 24 heavy (non-hydrogen) atoms. The van der Waals surface area contributed by atoms with Crippen LogP contribution in [0, 0.1) is 5.82 Å². The molecule has 0 bridgehead atoms. The monoisotopic (exact) mass is 358 g/mol. The highest BCUT2D eigenvalue weighted by molar-refractivity contribution is 7.90. The molecule has 1 atom stereocenters. The van der Waals surface area contributed by atoms with Gasteiger partial charge in [0.25, 0.3) is 0 Å². The van der Waals surface area contributed by atoms with Crippen molar-refractivity contribution in [2.45, 2.75) is 19.4 Å². The minimum Gasteiger partial charge on any atom is -0.354 e. The first-order valence-corrected chi connectivity index (χ1v) is 9.46. The molecule has 0 saturated heterocycles. The Kier molecular flexibility index (Phi) is 7.63. The largest absolute Gasteiger partial charge is 0.354 e. The molecule has 1 unspecified atom stereocenters. The summed E-state index contributed by atoms with van der Waals surface area (Å²) < 4.78 is 35.1. The lowest BCUT2D eigenvalue weighted by Gasteiger charge is -2.17. The summed E-state index contributed by atoms with van der Waals surface area (Å²) in [5, 5.41) is 8.46. The summed E-state index contributed by atoms with van der Waals surface area (Å²) in [5.74, 6) is -0.221. The summed E-state index contributed by atoms with van der Waals surface area (Å²) in [6.45, 7) is 1.80. The average Bonchev–Trinajstić information content (AvgIpc) is 2.51. The summed E-state index contributed by atoms with van der Waals surface area (Å²) in [7, 11) is -1.46. The van der Waals surface area contributed by atoms with Gasteiger partial charge in [-0.25, -0.2) is 12.8 Å². The number of carbonyl (C=O) groups is 1. The number of nitrogens with zero attached hydrogens (tertiary/aromatic N) is 1. The topological polar surface area (TPSA) is 99.7 Å². The number of nitrogens with one attached hydrogen (secondary N) is 3. The molecule has 1 rings (SSSR count). The Morgan fingerprint density at radius 2 is 1.92 bits per heavy atom. The maximum absolute atomic E-state index is 12.8. The number of anilines is 1. The first kappa shape index (κ1) is 19.9. The Hall–Kier alpha value is -2.16. The molecule has 3 N–H and O–H groups in total. The van der Waals surface area contributed by atoms with Crippen molar-refractivity contribution < 1.29 is 17.6 Å². The number of benzene rings is 1. The quantitative estimate of drug-likeness (QED) is 0.493. The molecule has 0 aliphatic rings. The van der Waals surface area contributed by atoms with Crippen LogP contribution in [0.3, 0.4) is 0 Å². The van der Waals surface area contributed by atoms with Crippen molar-refractivity contribution >= 4 is 27.4 Å². The maximum atomic E-state index is 12.8. The molecule has 0 aliphatic heterocycles. The first-order valence-electron chi connectivity index (χ1n) is 7.40. The lowest BCUT2D eigenvalue weighted by atomic mass is 10.3. The van der Waals surface area contributed by atoms with E-state index in [1.165, 1.54) is 30.5 Å². The van der Waals surface area contributed by atoms with Crippen molar-refractivity contribution in [3.8, 4) is 0 Å². The van der Waals surface area contributed by atoms with Crippen LogP contribution in [0.2, 0.25) is 0 Å². The molecule has 0 spiro atoms. The van der Waals surface area contributed by atoms with E-state index in [1.807, 2.05) is 6.92 Å². The molecule has 1 aromatic rings. The van der Waals surface area contributed by atoms with Gasteiger partial charge in [-0.05, 0) is 37.6 Å². The minimum absolute atomic E-state index is 0.0319. The maximum Gasteiger partial charge on any atom is 0.243 e. The molecule has 0 saturated carbocycles. The summed E-state index contributed by atoms with van der Waals surface area (Å²) in [6, 6.07) is 5.33. The van der Waals surface area contributed by atoms with Gasteiger partial charge in [0, 0.05) is 25.0 Å². The SMILES string of the molecule is CN=C(NCC(=O)Nc1ccc(F)cc1)NC(C)CCS(C)(=O)=O. The Labute approximate surface area is 141 Å². The smallest absolute Gasteiger partial charge is 0.243 e. The third-order valence-electron chi connectivity index (χ3n) is 3.07. The molecular formula is C15H23FN4O3S. The molecule has 0 fully saturated rings. The van der Waals surface area contributed by atoms with Crippen LogP contribution in [0.25, 0.3) is 0 Å². The van der Waals surface area contributed by atoms with Crippen molar-refractivity contribution in [3.63, 3.8) is 0 Å². The fraction of sp³-hybridized carbons (Fsp3) is 0.467. The van der Waals surface area contributed by atoms with E-state index in [2.05, 4.69) is 20.9 Å². The van der Waals surface area contributed by atoms with Gasteiger partial charge in [0.1, 0.15) is 15.7 Å². The van der Waals surface area contributed by atoms with E-state index in [1.54, 1.807) is 7.05 Å². The standard InChI is InChI=1S/C15H23FN4O3S/c1-11(8-9-24(3,22)23)19-15(17-2)18-10-14(21)20-13-6-4-12(16)5-7-13/h4-7,11H,8-10H2,1-3H3,(H,20,21)(H2,17,18,19). The second-order valence-corrected chi connectivity index (χ2v) is 7.70. The Morgan fingerprint density at radius 1 is 1.29 bits per heavy atom. The molecule has 0 radical (unpaired) electrons. The normalized spacial score (nSPS) is 13.2. The number of hydrogen-bond donors (Lipinski definition) is 3. The highest BCUT2D eigenvalue weighted by Gasteiger charge is 2.10. The Bertz CT molecular complexity index is 674. The zero-order chi connectivity index (χ0) is 18.2. The van der Waals surface area contributed by atoms with Crippen LogP contribution < -0.4 is 16.0 Å². The van der Waals surface area contributed by atoms with Crippen LogP contribution in [0.1, 0.15) is 13.3 Å². The van der Waals surface area contributed by atoms with E-state index in [-0.39, 0.29) is 30.1 Å². The van der Waals surface area contributed by atoms with Gasteiger partial charge in [-0.2, -0.15) is 0 Å². The van der Waals surface area contributed by atoms with Crippen LogP contribution >= 0.6 is 0 Å². The van der Waals surface area contributed by atoms with E-state index >= 15 is 0 Å². The minimum atomic E-state index is -3.02. The fourth-order valence-corrected chi connectivity index (χ4v) is 2.58. The predicted molar refractivity (Wildman–Crippen MR) is 93.3 cm³/mol. The van der Waals surface area contributed by atoms with Gasteiger partial charge in [-0.1, -0.05) is 0 Å². The molecule has 134 valence electrons. The number of amides is 1. The molecule has 0 heterocycles. The van der Waals surface area contributed by atoms with E-state index in [0.717, 1.165) is 0 Å². The third kappa shape index (κ3) is 8.47. The van der Waals surface area contributed by atoms with Crippen molar-refractivity contribution in [1.29, 1.82) is 0 Å². The van der Waals surface area contributed by atoms with Crippen molar-refractivity contribution in [1.82, 2.24) is 10.6 Å². The van der Waals surface area contributed by atoms with Gasteiger partial charge in [0.2, 0.25) is 5.91 Å². The zero-order valence-electron chi connectivity index (χ0n) is 14.0. The predicted octanol–water partition coefficient (Wildman–Crippen LogP) is 0.752. The van der Waals surface area contributed by atoms with Crippen LogP contribution in [0.4, 0.5) is 10.1 Å². The number of aliphatic imine (C=N–C) groups is 1. The van der Waals surface area contributed by atoms with Gasteiger partial charge in [0.05, 0.1) is 12.3 Å². The zero-order valence-corrected chi connectivity index (χ0v) is 14.8. The summed E-state index contributed by atoms with van der Waals surface area (Å²) >= 11 is 0. The first-order chi connectivity index (χ1) is 11.2. The van der Waals surface area contributed by atoms with Gasteiger partial charge >= 0.3 is 0 Å². The second kappa shape index (κ2) is 9.21.